The van der Waals surface area contributed by atoms with Crippen molar-refractivity contribution < 1.29 is 4.52 Å². The van der Waals surface area contributed by atoms with E-state index in [1.165, 1.54) is 0 Å². The predicted molar refractivity (Wildman–Crippen MR) is 72.2 cm³/mol. The van der Waals surface area contributed by atoms with Crippen LogP contribution in [0.2, 0.25) is 10.0 Å². The molecule has 5 heteroatoms. The molecule has 1 atom stereocenters. The summed E-state index contributed by atoms with van der Waals surface area (Å²) in [6.07, 6.45) is 2.90. The number of nitrogen functional groups attached to an aromatic ring is 1. The fourth-order valence-electron chi connectivity index (χ4n) is 2.60. The van der Waals surface area contributed by atoms with Crippen LogP contribution in [0.15, 0.2) is 22.7 Å². The van der Waals surface area contributed by atoms with Gasteiger partial charge in [0, 0.05) is 21.5 Å². The smallest absolute Gasteiger partial charge is 0.225 e. The quantitative estimate of drug-likeness (QED) is 0.859. The Morgan fingerprint density at radius 1 is 1.28 bits per heavy atom. The summed E-state index contributed by atoms with van der Waals surface area (Å²) in [5.41, 5.74) is 8.59. The fourth-order valence-corrected chi connectivity index (χ4v) is 3.27. The van der Waals surface area contributed by atoms with Gasteiger partial charge in [-0.05, 0) is 37.0 Å². The first-order valence-electron chi connectivity index (χ1n) is 5.86. The molecule has 0 saturated heterocycles. The van der Waals surface area contributed by atoms with Gasteiger partial charge in [0.15, 0.2) is 0 Å². The molecule has 1 unspecified atom stereocenters. The molecule has 0 saturated carbocycles. The van der Waals surface area contributed by atoms with Crippen molar-refractivity contribution in [3.63, 3.8) is 0 Å². The summed E-state index contributed by atoms with van der Waals surface area (Å²) >= 11 is 12.5. The van der Waals surface area contributed by atoms with Crippen LogP contribution in [-0.2, 0) is 6.42 Å². The number of fused-ring (bicyclic) bond motifs is 1. The number of anilines is 1. The van der Waals surface area contributed by atoms with E-state index in [0.29, 0.717) is 15.9 Å². The average Bonchev–Trinajstić information content (AvgIpc) is 2.72. The molecule has 1 aromatic carbocycles. The first-order chi connectivity index (χ1) is 8.68. The van der Waals surface area contributed by atoms with Gasteiger partial charge >= 0.3 is 0 Å². The van der Waals surface area contributed by atoms with Crippen LogP contribution in [0.4, 0.5) is 5.88 Å². The third kappa shape index (κ3) is 1.78. The van der Waals surface area contributed by atoms with Crippen molar-refractivity contribution in [3.05, 3.63) is 45.1 Å². The van der Waals surface area contributed by atoms with Gasteiger partial charge in [0.1, 0.15) is 0 Å². The summed E-state index contributed by atoms with van der Waals surface area (Å²) < 4.78 is 5.09. The lowest BCUT2D eigenvalue weighted by atomic mass is 9.83. The molecule has 2 N–H and O–H groups in total. The second kappa shape index (κ2) is 4.48. The standard InChI is InChI=1S/C13H12Cl2N2O/c14-9-5-2-6-10(15)11(9)7-3-1-4-8-12(7)17-18-13(8)16/h2,5-7H,1,3-4,16H2. The minimum absolute atomic E-state index is 0.0796. The Balaban J connectivity index is 2.14. The van der Waals surface area contributed by atoms with Gasteiger partial charge in [-0.1, -0.05) is 34.4 Å². The number of nitrogens with two attached hydrogens (primary N) is 1. The third-order valence-electron chi connectivity index (χ3n) is 3.45. The number of benzene rings is 1. The zero-order valence-electron chi connectivity index (χ0n) is 9.62. The number of hydrogen-bond donors (Lipinski definition) is 1. The van der Waals surface area contributed by atoms with E-state index in [4.69, 9.17) is 33.5 Å². The lowest BCUT2D eigenvalue weighted by molar-refractivity contribution is 0.422. The number of nitrogens with zero attached hydrogens (tertiary/aromatic N) is 1. The van der Waals surface area contributed by atoms with Crippen LogP contribution >= 0.6 is 23.2 Å². The molecule has 1 aromatic heterocycles. The van der Waals surface area contributed by atoms with Crippen LogP contribution in [0.25, 0.3) is 0 Å². The summed E-state index contributed by atoms with van der Waals surface area (Å²) in [5.74, 6) is 0.494. The molecule has 1 aliphatic carbocycles. The maximum Gasteiger partial charge on any atom is 0.225 e. The van der Waals surface area contributed by atoms with Gasteiger partial charge in [0.25, 0.3) is 0 Å². The van der Waals surface area contributed by atoms with E-state index >= 15 is 0 Å². The molecule has 0 aliphatic heterocycles. The lowest BCUT2D eigenvalue weighted by Gasteiger charge is -2.22. The zero-order chi connectivity index (χ0) is 12.7. The molecular weight excluding hydrogens is 271 g/mol. The average molecular weight is 283 g/mol. The highest BCUT2D eigenvalue weighted by molar-refractivity contribution is 6.36. The van der Waals surface area contributed by atoms with Crippen LogP contribution in [0, 0.1) is 0 Å². The minimum atomic E-state index is 0.0796. The normalized spacial score (nSPS) is 18.7. The summed E-state index contributed by atoms with van der Waals surface area (Å²) in [4.78, 5) is 0. The summed E-state index contributed by atoms with van der Waals surface area (Å²) in [7, 11) is 0. The van der Waals surface area contributed by atoms with Crippen LogP contribution in [-0.4, -0.2) is 5.16 Å². The third-order valence-corrected chi connectivity index (χ3v) is 4.11. The molecule has 18 heavy (non-hydrogen) atoms. The first-order valence-corrected chi connectivity index (χ1v) is 6.62. The fraction of sp³-hybridized carbons (Fsp3) is 0.308. The van der Waals surface area contributed by atoms with Gasteiger partial charge in [-0.15, -0.1) is 0 Å². The van der Waals surface area contributed by atoms with E-state index < -0.39 is 0 Å². The number of rotatable bonds is 1. The Bertz CT molecular complexity index is 574. The second-order valence-corrected chi connectivity index (χ2v) is 5.31. The maximum atomic E-state index is 6.26. The van der Waals surface area contributed by atoms with Crippen LogP contribution in [0.3, 0.4) is 0 Å². The molecule has 0 fully saturated rings. The minimum Gasteiger partial charge on any atom is -0.367 e. The zero-order valence-corrected chi connectivity index (χ0v) is 11.1. The van der Waals surface area contributed by atoms with E-state index in [-0.39, 0.29) is 5.92 Å². The van der Waals surface area contributed by atoms with E-state index in [2.05, 4.69) is 5.16 Å². The van der Waals surface area contributed by atoms with E-state index in [9.17, 15) is 0 Å². The molecule has 0 bridgehead atoms. The molecule has 2 aromatic rings. The van der Waals surface area contributed by atoms with Gasteiger partial charge in [-0.25, -0.2) is 0 Å². The van der Waals surface area contributed by atoms with E-state index in [1.807, 2.05) is 18.2 Å². The van der Waals surface area contributed by atoms with Crippen LogP contribution in [0.5, 0.6) is 0 Å². The lowest BCUT2D eigenvalue weighted by Crippen LogP contribution is -2.12. The molecule has 3 nitrogen and oxygen atoms in total. The number of hydrogen-bond acceptors (Lipinski definition) is 3. The molecule has 94 valence electrons. The van der Waals surface area contributed by atoms with Crippen molar-refractivity contribution in [2.75, 3.05) is 5.73 Å². The second-order valence-electron chi connectivity index (χ2n) is 4.49. The monoisotopic (exact) mass is 282 g/mol. The number of halogens is 2. The largest absolute Gasteiger partial charge is 0.367 e. The van der Waals surface area contributed by atoms with Crippen molar-refractivity contribution in [1.29, 1.82) is 0 Å². The van der Waals surface area contributed by atoms with Gasteiger partial charge in [-0.2, -0.15) is 0 Å². The van der Waals surface area contributed by atoms with Gasteiger partial charge < -0.3 is 10.3 Å². The summed E-state index contributed by atoms with van der Waals surface area (Å²) in [6.45, 7) is 0. The van der Waals surface area contributed by atoms with E-state index in [1.54, 1.807) is 0 Å². The van der Waals surface area contributed by atoms with Crippen molar-refractivity contribution >= 4 is 29.1 Å². The Labute approximate surface area is 115 Å². The molecule has 0 radical (unpaired) electrons. The summed E-state index contributed by atoms with van der Waals surface area (Å²) in [6, 6.07) is 5.54. The topological polar surface area (TPSA) is 52.0 Å². The molecule has 1 heterocycles. The first kappa shape index (κ1) is 11.9. The van der Waals surface area contributed by atoms with Crippen molar-refractivity contribution in [2.24, 2.45) is 0 Å². The highest BCUT2D eigenvalue weighted by Crippen LogP contribution is 2.43. The van der Waals surface area contributed by atoms with Gasteiger partial charge in [0.2, 0.25) is 5.88 Å². The number of aromatic nitrogens is 1. The molecule has 3 rings (SSSR count). The van der Waals surface area contributed by atoms with E-state index in [0.717, 1.165) is 36.1 Å². The Hall–Kier alpha value is -1.19. The Morgan fingerprint density at radius 2 is 2.00 bits per heavy atom. The molecular formula is C13H12Cl2N2O. The van der Waals surface area contributed by atoms with Crippen LogP contribution in [0.1, 0.15) is 35.6 Å². The molecule has 0 amide bonds. The van der Waals surface area contributed by atoms with Crippen LogP contribution < -0.4 is 5.73 Å². The summed E-state index contributed by atoms with van der Waals surface area (Å²) in [5, 5.41) is 5.42. The van der Waals surface area contributed by atoms with Gasteiger partial charge in [-0.3, -0.25) is 0 Å². The van der Waals surface area contributed by atoms with Crippen molar-refractivity contribution in [1.82, 2.24) is 5.16 Å². The molecule has 1 aliphatic rings. The highest BCUT2D eigenvalue weighted by Gasteiger charge is 2.30. The maximum absolute atomic E-state index is 6.26. The SMILES string of the molecule is Nc1onc2c1CCCC2c1c(Cl)cccc1Cl. The Kier molecular flexibility index (Phi) is 2.96. The molecule has 0 spiro atoms. The highest BCUT2D eigenvalue weighted by atomic mass is 35.5. The van der Waals surface area contributed by atoms with Crippen molar-refractivity contribution in [2.45, 2.75) is 25.2 Å². The van der Waals surface area contributed by atoms with Gasteiger partial charge in [0.05, 0.1) is 5.69 Å². The predicted octanol–water partition coefficient (Wildman–Crippen LogP) is 4.03. The Morgan fingerprint density at radius 3 is 2.72 bits per heavy atom. The van der Waals surface area contributed by atoms with Crippen molar-refractivity contribution in [3.8, 4) is 0 Å².